The van der Waals surface area contributed by atoms with Gasteiger partial charge in [0, 0.05) is 11.6 Å². The van der Waals surface area contributed by atoms with Gasteiger partial charge in [0.2, 0.25) is 0 Å². The number of furan rings is 1. The quantitative estimate of drug-likeness (QED) is 0.232. The van der Waals surface area contributed by atoms with Crippen molar-refractivity contribution in [3.05, 3.63) is 71.0 Å². The largest absolute Gasteiger partial charge is 0.497 e. The van der Waals surface area contributed by atoms with Gasteiger partial charge >= 0.3 is 5.97 Å². The lowest BCUT2D eigenvalue weighted by Crippen LogP contribution is -2.54. The van der Waals surface area contributed by atoms with Crippen molar-refractivity contribution < 1.29 is 33.0 Å². The molecule has 1 aliphatic rings. The highest BCUT2D eigenvalue weighted by atomic mass is 32.1. The van der Waals surface area contributed by atoms with Crippen LogP contribution in [0.2, 0.25) is 0 Å². The van der Waals surface area contributed by atoms with Gasteiger partial charge in [-0.2, -0.15) is 0 Å². The molecule has 0 unspecified atom stereocenters. The standard InChI is InChI=1S/C26H22N2O7S/c1-14-11-15(25(31)34-4)5-8-18(14)21-10-7-17(35-21)12-19-23(29)27-26(36)28(24(19)30)20-9-6-16(32-2)13-22(20)33-3/h5-13H,1-4H3,(H,27,29,36)/b19-12+. The lowest BCUT2D eigenvalue weighted by Gasteiger charge is -2.29. The first kappa shape index (κ1) is 24.7. The van der Waals surface area contributed by atoms with Crippen molar-refractivity contribution in [3.63, 3.8) is 0 Å². The maximum absolute atomic E-state index is 13.4. The van der Waals surface area contributed by atoms with Gasteiger partial charge in [0.15, 0.2) is 5.11 Å². The summed E-state index contributed by atoms with van der Waals surface area (Å²) in [6.45, 7) is 1.83. The lowest BCUT2D eigenvalue weighted by atomic mass is 10.0. The summed E-state index contributed by atoms with van der Waals surface area (Å²) in [6.07, 6.45) is 1.35. The molecule has 10 heteroatoms. The van der Waals surface area contributed by atoms with E-state index in [1.807, 2.05) is 6.92 Å². The van der Waals surface area contributed by atoms with Gasteiger partial charge in [-0.25, -0.2) is 9.69 Å². The van der Waals surface area contributed by atoms with E-state index >= 15 is 0 Å². The molecule has 0 bridgehead atoms. The fourth-order valence-electron chi connectivity index (χ4n) is 3.75. The van der Waals surface area contributed by atoms with Gasteiger partial charge in [0.1, 0.15) is 28.6 Å². The molecule has 0 spiro atoms. The number of aryl methyl sites for hydroxylation is 1. The molecule has 2 aromatic carbocycles. The van der Waals surface area contributed by atoms with Crippen molar-refractivity contribution in [1.29, 1.82) is 0 Å². The molecular weight excluding hydrogens is 484 g/mol. The highest BCUT2D eigenvalue weighted by Crippen LogP contribution is 2.35. The summed E-state index contributed by atoms with van der Waals surface area (Å²) in [7, 11) is 4.28. The lowest BCUT2D eigenvalue weighted by molar-refractivity contribution is -0.122. The maximum atomic E-state index is 13.4. The summed E-state index contributed by atoms with van der Waals surface area (Å²) in [5.41, 5.74) is 2.14. The zero-order chi connectivity index (χ0) is 26.0. The van der Waals surface area contributed by atoms with Gasteiger partial charge in [-0.05, 0) is 67.2 Å². The molecule has 0 radical (unpaired) electrons. The molecule has 1 fully saturated rings. The van der Waals surface area contributed by atoms with Gasteiger partial charge in [-0.3, -0.25) is 14.9 Å². The van der Waals surface area contributed by atoms with Crippen LogP contribution in [0.3, 0.4) is 0 Å². The minimum atomic E-state index is -0.648. The Morgan fingerprint density at radius 1 is 1.03 bits per heavy atom. The van der Waals surface area contributed by atoms with E-state index in [1.165, 1.54) is 32.3 Å². The summed E-state index contributed by atoms with van der Waals surface area (Å²) in [6, 6.07) is 13.3. The molecule has 184 valence electrons. The molecule has 0 aliphatic carbocycles. The SMILES string of the molecule is COC(=O)c1ccc(-c2ccc(/C=C3\C(=O)NC(=S)N(c4ccc(OC)cc4OC)C3=O)o2)c(C)c1. The smallest absolute Gasteiger partial charge is 0.337 e. The van der Waals surface area contributed by atoms with E-state index in [-0.39, 0.29) is 16.4 Å². The summed E-state index contributed by atoms with van der Waals surface area (Å²) in [5.74, 6) is -0.0603. The zero-order valence-corrected chi connectivity index (χ0v) is 20.7. The third-order valence-electron chi connectivity index (χ3n) is 5.56. The normalized spacial score (nSPS) is 14.6. The number of hydrogen-bond acceptors (Lipinski definition) is 8. The number of rotatable bonds is 6. The number of benzene rings is 2. The van der Waals surface area contributed by atoms with E-state index in [4.69, 9.17) is 30.8 Å². The minimum Gasteiger partial charge on any atom is -0.497 e. The number of ether oxygens (including phenoxy) is 3. The first-order valence-corrected chi connectivity index (χ1v) is 11.1. The van der Waals surface area contributed by atoms with E-state index in [9.17, 15) is 14.4 Å². The Kier molecular flexibility index (Phi) is 6.89. The van der Waals surface area contributed by atoms with Crippen LogP contribution in [0.4, 0.5) is 5.69 Å². The van der Waals surface area contributed by atoms with Crippen LogP contribution in [0.5, 0.6) is 11.5 Å². The predicted octanol–water partition coefficient (Wildman–Crippen LogP) is 3.89. The molecule has 4 rings (SSSR count). The van der Waals surface area contributed by atoms with Gasteiger partial charge in [-0.1, -0.05) is 6.07 Å². The number of carbonyl (C=O) groups excluding carboxylic acids is 3. The number of methoxy groups -OCH3 is 3. The van der Waals surface area contributed by atoms with Crippen LogP contribution in [-0.2, 0) is 14.3 Å². The highest BCUT2D eigenvalue weighted by molar-refractivity contribution is 7.80. The van der Waals surface area contributed by atoms with E-state index in [1.54, 1.807) is 48.5 Å². The molecule has 36 heavy (non-hydrogen) atoms. The second kappa shape index (κ2) is 10.0. The topological polar surface area (TPSA) is 107 Å². The van der Waals surface area contributed by atoms with Crippen molar-refractivity contribution in [2.75, 3.05) is 26.2 Å². The maximum Gasteiger partial charge on any atom is 0.337 e. The summed E-state index contributed by atoms with van der Waals surface area (Å²) in [4.78, 5) is 39.0. The number of thiocarbonyl (C=S) groups is 1. The van der Waals surface area contributed by atoms with E-state index in [0.717, 1.165) is 11.1 Å². The van der Waals surface area contributed by atoms with E-state index < -0.39 is 17.8 Å². The van der Waals surface area contributed by atoms with Crippen LogP contribution < -0.4 is 19.7 Å². The summed E-state index contributed by atoms with van der Waals surface area (Å²) in [5, 5.41) is 2.46. The van der Waals surface area contributed by atoms with Crippen LogP contribution in [0.25, 0.3) is 17.4 Å². The average Bonchev–Trinajstić information content (AvgIpc) is 3.34. The Balaban J connectivity index is 1.67. The number of nitrogens with one attached hydrogen (secondary N) is 1. The molecule has 1 aromatic heterocycles. The average molecular weight is 507 g/mol. The number of anilines is 1. The number of amides is 2. The molecule has 1 aliphatic heterocycles. The molecule has 1 N–H and O–H groups in total. The van der Waals surface area contributed by atoms with Gasteiger partial charge in [0.05, 0.1) is 32.6 Å². The van der Waals surface area contributed by atoms with Crippen LogP contribution in [-0.4, -0.2) is 44.2 Å². The summed E-state index contributed by atoms with van der Waals surface area (Å²) >= 11 is 5.27. The monoisotopic (exact) mass is 506 g/mol. The molecule has 0 atom stereocenters. The Hall–Kier alpha value is -4.44. The first-order valence-electron chi connectivity index (χ1n) is 10.7. The zero-order valence-electron chi connectivity index (χ0n) is 19.9. The highest BCUT2D eigenvalue weighted by Gasteiger charge is 2.36. The third kappa shape index (κ3) is 4.58. The van der Waals surface area contributed by atoms with Crippen LogP contribution in [0.15, 0.2) is 58.5 Å². The molecular formula is C26H22N2O7S. The number of hydrogen-bond donors (Lipinski definition) is 1. The van der Waals surface area contributed by atoms with E-state index in [2.05, 4.69) is 5.32 Å². The number of esters is 1. The Bertz CT molecular complexity index is 1420. The van der Waals surface area contributed by atoms with Crippen molar-refractivity contribution in [2.24, 2.45) is 0 Å². The molecule has 2 amide bonds. The summed E-state index contributed by atoms with van der Waals surface area (Å²) < 4.78 is 21.3. The van der Waals surface area contributed by atoms with Crippen LogP contribution in [0.1, 0.15) is 21.7 Å². The van der Waals surface area contributed by atoms with Crippen LogP contribution >= 0.6 is 12.2 Å². The first-order chi connectivity index (χ1) is 17.3. The van der Waals surface area contributed by atoms with Crippen molar-refractivity contribution >= 4 is 46.9 Å². The fraction of sp³-hybridized carbons (Fsp3) is 0.154. The Morgan fingerprint density at radius 2 is 1.81 bits per heavy atom. The molecule has 0 saturated carbocycles. The molecule has 3 aromatic rings. The van der Waals surface area contributed by atoms with Crippen molar-refractivity contribution in [1.82, 2.24) is 5.32 Å². The van der Waals surface area contributed by atoms with Gasteiger partial charge < -0.3 is 18.6 Å². The van der Waals surface area contributed by atoms with Gasteiger partial charge in [-0.15, -0.1) is 0 Å². The van der Waals surface area contributed by atoms with E-state index in [0.29, 0.717) is 28.5 Å². The fourth-order valence-corrected chi connectivity index (χ4v) is 4.02. The van der Waals surface area contributed by atoms with Crippen molar-refractivity contribution in [3.8, 4) is 22.8 Å². The molecule has 9 nitrogen and oxygen atoms in total. The minimum absolute atomic E-state index is 0.0768. The second-order valence-electron chi connectivity index (χ2n) is 7.72. The van der Waals surface area contributed by atoms with Crippen molar-refractivity contribution in [2.45, 2.75) is 6.92 Å². The number of carbonyl (C=O) groups is 3. The van der Waals surface area contributed by atoms with Gasteiger partial charge in [0.25, 0.3) is 11.8 Å². The predicted molar refractivity (Wildman–Crippen MR) is 136 cm³/mol. The third-order valence-corrected chi connectivity index (χ3v) is 5.84. The second-order valence-corrected chi connectivity index (χ2v) is 8.11. The Morgan fingerprint density at radius 3 is 2.47 bits per heavy atom. The number of nitrogens with zero attached hydrogens (tertiary/aromatic N) is 1. The molecule has 1 saturated heterocycles. The molecule has 2 heterocycles. The van der Waals surface area contributed by atoms with Crippen LogP contribution in [0, 0.1) is 6.92 Å². The Labute approximate surface area is 212 Å².